The summed E-state index contributed by atoms with van der Waals surface area (Å²) in [6, 6.07) is 0.375. The standard InChI is InChI=1S/C16H30N4/c1-16(2,3)14-7-5-13(6-8-14)15(19-17)9-12-10-18-20(4)11-12/h10-11,13-15,19H,5-9,17H2,1-4H3. The first kappa shape index (κ1) is 15.5. The van der Waals surface area contributed by atoms with Gasteiger partial charge < -0.3 is 0 Å². The summed E-state index contributed by atoms with van der Waals surface area (Å²) in [6.07, 6.45) is 10.3. The second kappa shape index (κ2) is 6.27. The fraction of sp³-hybridized carbons (Fsp3) is 0.812. The van der Waals surface area contributed by atoms with Gasteiger partial charge in [-0.15, -0.1) is 0 Å². The molecule has 0 bridgehead atoms. The highest BCUT2D eigenvalue weighted by Crippen LogP contribution is 2.40. The summed E-state index contributed by atoms with van der Waals surface area (Å²) in [5.74, 6) is 7.35. The van der Waals surface area contributed by atoms with Gasteiger partial charge in [-0.25, -0.2) is 0 Å². The first-order valence-corrected chi connectivity index (χ1v) is 7.84. The van der Waals surface area contributed by atoms with Crippen LogP contribution in [0.2, 0.25) is 0 Å². The number of nitrogens with zero attached hydrogens (tertiary/aromatic N) is 2. The van der Waals surface area contributed by atoms with Crippen LogP contribution in [0.3, 0.4) is 0 Å². The van der Waals surface area contributed by atoms with Crippen LogP contribution in [0.4, 0.5) is 0 Å². The molecule has 1 atom stereocenters. The van der Waals surface area contributed by atoms with E-state index in [4.69, 9.17) is 5.84 Å². The van der Waals surface area contributed by atoms with Crippen LogP contribution in [0.5, 0.6) is 0 Å². The van der Waals surface area contributed by atoms with Crippen LogP contribution < -0.4 is 11.3 Å². The van der Waals surface area contributed by atoms with Crippen molar-refractivity contribution in [3.63, 3.8) is 0 Å². The molecule has 114 valence electrons. The lowest BCUT2D eigenvalue weighted by Gasteiger charge is -2.39. The van der Waals surface area contributed by atoms with Gasteiger partial charge >= 0.3 is 0 Å². The molecule has 0 spiro atoms. The van der Waals surface area contributed by atoms with Gasteiger partial charge in [0, 0.05) is 19.3 Å². The smallest absolute Gasteiger partial charge is 0.0522 e. The second-order valence-electron chi connectivity index (χ2n) is 7.48. The van der Waals surface area contributed by atoms with Gasteiger partial charge in [0.1, 0.15) is 0 Å². The molecule has 1 aliphatic rings. The number of aryl methyl sites for hydroxylation is 1. The van der Waals surface area contributed by atoms with Crippen LogP contribution in [0.15, 0.2) is 12.4 Å². The Morgan fingerprint density at radius 3 is 2.45 bits per heavy atom. The van der Waals surface area contributed by atoms with E-state index in [1.54, 1.807) is 0 Å². The zero-order valence-electron chi connectivity index (χ0n) is 13.4. The Hall–Kier alpha value is -0.870. The molecular formula is C16H30N4. The predicted molar refractivity (Wildman–Crippen MR) is 82.9 cm³/mol. The summed E-state index contributed by atoms with van der Waals surface area (Å²) < 4.78 is 1.86. The van der Waals surface area contributed by atoms with Crippen molar-refractivity contribution in [1.29, 1.82) is 0 Å². The molecule has 1 aliphatic carbocycles. The van der Waals surface area contributed by atoms with Crippen molar-refractivity contribution in [2.24, 2.45) is 30.1 Å². The van der Waals surface area contributed by atoms with E-state index in [-0.39, 0.29) is 0 Å². The average Bonchev–Trinajstić information content (AvgIpc) is 2.81. The summed E-state index contributed by atoms with van der Waals surface area (Å²) >= 11 is 0. The molecule has 1 heterocycles. The maximum atomic E-state index is 5.80. The predicted octanol–water partition coefficient (Wildman–Crippen LogP) is 2.65. The van der Waals surface area contributed by atoms with Crippen LogP contribution in [0, 0.1) is 17.3 Å². The summed E-state index contributed by atoms with van der Waals surface area (Å²) in [5.41, 5.74) is 4.76. The molecule has 0 aromatic carbocycles. The zero-order chi connectivity index (χ0) is 14.8. The minimum Gasteiger partial charge on any atom is -0.276 e. The van der Waals surface area contributed by atoms with E-state index in [2.05, 4.69) is 37.5 Å². The Bertz CT molecular complexity index is 410. The topological polar surface area (TPSA) is 55.9 Å². The SMILES string of the molecule is Cn1cc(CC(NN)C2CCC(C(C)(C)C)CC2)cn1. The molecule has 4 nitrogen and oxygen atoms in total. The van der Waals surface area contributed by atoms with Gasteiger partial charge in [-0.3, -0.25) is 16.0 Å². The molecule has 4 heteroatoms. The summed E-state index contributed by atoms with van der Waals surface area (Å²) in [5, 5.41) is 4.24. The van der Waals surface area contributed by atoms with Gasteiger partial charge in [0.2, 0.25) is 0 Å². The van der Waals surface area contributed by atoms with Crippen molar-refractivity contribution < 1.29 is 0 Å². The minimum absolute atomic E-state index is 0.375. The third-order valence-corrected chi connectivity index (χ3v) is 4.99. The fourth-order valence-corrected chi connectivity index (χ4v) is 3.58. The lowest BCUT2D eigenvalue weighted by molar-refractivity contribution is 0.132. The molecule has 0 aliphatic heterocycles. The number of hydrogen-bond donors (Lipinski definition) is 2. The highest BCUT2D eigenvalue weighted by molar-refractivity contribution is 5.06. The molecule has 0 radical (unpaired) electrons. The maximum Gasteiger partial charge on any atom is 0.0522 e. The highest BCUT2D eigenvalue weighted by Gasteiger charge is 2.32. The Kier molecular flexibility index (Phi) is 4.86. The third-order valence-electron chi connectivity index (χ3n) is 4.99. The van der Waals surface area contributed by atoms with Crippen molar-refractivity contribution in [1.82, 2.24) is 15.2 Å². The molecule has 1 unspecified atom stereocenters. The fourth-order valence-electron chi connectivity index (χ4n) is 3.58. The number of rotatable bonds is 4. The van der Waals surface area contributed by atoms with Gasteiger partial charge in [-0.05, 0) is 54.9 Å². The lowest BCUT2D eigenvalue weighted by atomic mass is 9.68. The van der Waals surface area contributed by atoms with Crippen LogP contribution in [-0.2, 0) is 13.5 Å². The van der Waals surface area contributed by atoms with Gasteiger partial charge in [0.25, 0.3) is 0 Å². The van der Waals surface area contributed by atoms with E-state index in [0.29, 0.717) is 17.4 Å². The Balaban J connectivity index is 1.90. The molecular weight excluding hydrogens is 248 g/mol. The molecule has 1 aromatic rings. The lowest BCUT2D eigenvalue weighted by Crippen LogP contribution is -2.44. The minimum atomic E-state index is 0.375. The molecule has 20 heavy (non-hydrogen) atoms. The average molecular weight is 278 g/mol. The van der Waals surface area contributed by atoms with Crippen molar-refractivity contribution >= 4 is 0 Å². The van der Waals surface area contributed by atoms with Crippen LogP contribution in [0.25, 0.3) is 0 Å². The summed E-state index contributed by atoms with van der Waals surface area (Å²) in [7, 11) is 1.96. The maximum absolute atomic E-state index is 5.80. The number of hydrazine groups is 1. The highest BCUT2D eigenvalue weighted by atomic mass is 15.2. The molecule has 1 saturated carbocycles. The zero-order valence-corrected chi connectivity index (χ0v) is 13.4. The molecule has 0 amide bonds. The quantitative estimate of drug-likeness (QED) is 0.657. The van der Waals surface area contributed by atoms with E-state index >= 15 is 0 Å². The summed E-state index contributed by atoms with van der Waals surface area (Å²) in [6.45, 7) is 7.10. The number of nitrogens with two attached hydrogens (primary N) is 1. The second-order valence-corrected chi connectivity index (χ2v) is 7.48. The Morgan fingerprint density at radius 1 is 1.35 bits per heavy atom. The molecule has 2 rings (SSSR count). The monoisotopic (exact) mass is 278 g/mol. The molecule has 1 aromatic heterocycles. The van der Waals surface area contributed by atoms with Gasteiger partial charge in [-0.2, -0.15) is 5.10 Å². The number of nitrogens with one attached hydrogen (secondary N) is 1. The van der Waals surface area contributed by atoms with E-state index in [1.165, 1.54) is 31.2 Å². The summed E-state index contributed by atoms with van der Waals surface area (Å²) in [4.78, 5) is 0. The van der Waals surface area contributed by atoms with E-state index < -0.39 is 0 Å². The van der Waals surface area contributed by atoms with Crippen LogP contribution >= 0.6 is 0 Å². The molecule has 1 fully saturated rings. The van der Waals surface area contributed by atoms with Crippen molar-refractivity contribution in [2.45, 2.75) is 58.9 Å². The molecule has 3 N–H and O–H groups in total. The Labute approximate surface area is 123 Å². The Morgan fingerprint density at radius 2 is 2.00 bits per heavy atom. The number of aromatic nitrogens is 2. The van der Waals surface area contributed by atoms with Gasteiger partial charge in [0.15, 0.2) is 0 Å². The largest absolute Gasteiger partial charge is 0.276 e. The van der Waals surface area contributed by atoms with Gasteiger partial charge in [0.05, 0.1) is 6.20 Å². The van der Waals surface area contributed by atoms with Crippen LogP contribution in [0.1, 0.15) is 52.0 Å². The van der Waals surface area contributed by atoms with E-state index in [1.807, 2.05) is 17.9 Å². The molecule has 0 saturated heterocycles. The van der Waals surface area contributed by atoms with E-state index in [0.717, 1.165) is 12.3 Å². The first-order chi connectivity index (χ1) is 9.40. The number of hydrogen-bond acceptors (Lipinski definition) is 3. The van der Waals surface area contributed by atoms with Crippen LogP contribution in [-0.4, -0.2) is 15.8 Å². The van der Waals surface area contributed by atoms with Crippen molar-refractivity contribution in [3.8, 4) is 0 Å². The van der Waals surface area contributed by atoms with Crippen molar-refractivity contribution in [3.05, 3.63) is 18.0 Å². The van der Waals surface area contributed by atoms with Gasteiger partial charge in [-0.1, -0.05) is 20.8 Å². The normalized spacial score (nSPS) is 25.6. The van der Waals surface area contributed by atoms with Crippen molar-refractivity contribution in [2.75, 3.05) is 0 Å². The first-order valence-electron chi connectivity index (χ1n) is 7.84. The third kappa shape index (κ3) is 3.83. The van der Waals surface area contributed by atoms with E-state index in [9.17, 15) is 0 Å².